The van der Waals surface area contributed by atoms with E-state index in [1.54, 1.807) is 23.5 Å². The van der Waals surface area contributed by atoms with Crippen LogP contribution in [0.3, 0.4) is 0 Å². The van der Waals surface area contributed by atoms with Crippen LogP contribution in [0.1, 0.15) is 119 Å². The minimum Gasteiger partial charge on any atom is -0.444 e. The van der Waals surface area contributed by atoms with E-state index < -0.39 is 35.5 Å². The quantitative estimate of drug-likeness (QED) is 0.0798. The van der Waals surface area contributed by atoms with Crippen molar-refractivity contribution >= 4 is 70.8 Å². The van der Waals surface area contributed by atoms with E-state index in [4.69, 9.17) is 9.47 Å². The normalized spacial score (nSPS) is 13.1. The van der Waals surface area contributed by atoms with Crippen LogP contribution < -0.4 is 10.6 Å². The number of alkyl carbamates (subject to hydrolysis) is 2. The van der Waals surface area contributed by atoms with Crippen LogP contribution in [-0.2, 0) is 19.1 Å². The molecule has 0 aliphatic rings. The summed E-state index contributed by atoms with van der Waals surface area (Å²) >= 11 is 6.99. The van der Waals surface area contributed by atoms with Crippen molar-refractivity contribution in [1.29, 1.82) is 0 Å². The number of Topliss-reactive ketones (excluding diaryl/α,β-unsaturated/α-hetero) is 2. The zero-order valence-corrected chi connectivity index (χ0v) is 33.2. The van der Waals surface area contributed by atoms with Crippen molar-refractivity contribution < 1.29 is 28.7 Å². The summed E-state index contributed by atoms with van der Waals surface area (Å²) in [6.45, 7) is 10.9. The van der Waals surface area contributed by atoms with Crippen molar-refractivity contribution in [2.45, 2.75) is 142 Å². The number of ketones is 2. The lowest BCUT2D eigenvalue weighted by atomic mass is 10.1. The summed E-state index contributed by atoms with van der Waals surface area (Å²) in [6.07, 6.45) is 15.0. The summed E-state index contributed by atoms with van der Waals surface area (Å²) in [4.78, 5) is 49.7. The van der Waals surface area contributed by atoms with Gasteiger partial charge in [-0.1, -0.05) is 38.5 Å². The monoisotopic (exact) mass is 724 g/mol. The van der Waals surface area contributed by atoms with Gasteiger partial charge in [0.05, 0.1) is 12.1 Å². The fourth-order valence-electron chi connectivity index (χ4n) is 4.37. The number of hydrogen-bond acceptors (Lipinski definition) is 10. The molecule has 0 fully saturated rings. The van der Waals surface area contributed by atoms with Crippen molar-refractivity contribution in [2.75, 3.05) is 47.0 Å². The Bertz CT molecular complexity index is 780. The third-order valence-electron chi connectivity index (χ3n) is 6.69. The van der Waals surface area contributed by atoms with Gasteiger partial charge in [0, 0.05) is 24.3 Å². The second-order valence-electron chi connectivity index (χ2n) is 13.4. The molecule has 12 heteroatoms. The molecule has 0 spiro atoms. The average Bonchev–Trinajstić information content (AvgIpc) is 2.94. The van der Waals surface area contributed by atoms with Crippen molar-refractivity contribution in [1.82, 2.24) is 10.6 Å². The lowest BCUT2D eigenvalue weighted by Gasteiger charge is -2.23. The molecule has 46 heavy (non-hydrogen) atoms. The zero-order chi connectivity index (χ0) is 34.8. The number of ether oxygens (including phenoxy) is 2. The molecule has 2 atom stereocenters. The molecule has 2 amide bonds. The smallest absolute Gasteiger partial charge is 0.408 e. The molecule has 0 bridgehead atoms. The van der Waals surface area contributed by atoms with E-state index in [9.17, 15) is 19.2 Å². The molecule has 0 unspecified atom stereocenters. The number of amides is 2. The highest BCUT2D eigenvalue weighted by Crippen LogP contribution is 2.16. The molecule has 0 saturated heterocycles. The molecule has 0 aromatic heterocycles. The summed E-state index contributed by atoms with van der Waals surface area (Å²) in [5, 5.41) is 5.54. The molecule has 270 valence electrons. The van der Waals surface area contributed by atoms with E-state index >= 15 is 0 Å². The van der Waals surface area contributed by atoms with Crippen molar-refractivity contribution in [3.05, 3.63) is 0 Å². The Morgan fingerprint density at radius 2 is 0.848 bits per heavy atom. The van der Waals surface area contributed by atoms with Crippen LogP contribution in [0.25, 0.3) is 0 Å². The van der Waals surface area contributed by atoms with Crippen LogP contribution in [-0.4, -0.2) is 94.1 Å². The first-order chi connectivity index (χ1) is 21.7. The van der Waals surface area contributed by atoms with Crippen molar-refractivity contribution in [3.63, 3.8) is 0 Å². The van der Waals surface area contributed by atoms with E-state index in [2.05, 4.69) is 10.6 Å². The topological polar surface area (TPSA) is 111 Å². The number of carbonyl (C=O) groups is 4. The predicted octanol–water partition coefficient (Wildman–Crippen LogP) is 8.78. The minimum absolute atomic E-state index is 0.0854. The van der Waals surface area contributed by atoms with Gasteiger partial charge in [-0.2, -0.15) is 47.0 Å². The first-order valence-electron chi connectivity index (χ1n) is 16.9. The molecular weight excluding hydrogens is 661 g/mol. The van der Waals surface area contributed by atoms with Crippen LogP contribution in [0.15, 0.2) is 0 Å². The first-order valence-corrected chi connectivity index (χ1v) is 22.0. The van der Waals surface area contributed by atoms with Gasteiger partial charge < -0.3 is 20.1 Å². The number of thioether (sulfide) groups is 4. The molecular formula is C34H64N2O6S4. The molecule has 2 N–H and O–H groups in total. The van der Waals surface area contributed by atoms with Crippen LogP contribution in [0, 0.1) is 0 Å². The SMILES string of the molecule is CSCC[C@H](NC(=O)OC(C)(C)C)C(=O)CCSCCCCCCCCCCSCCC(=O)[C@H](CCSC)NC(=O)OC(C)(C)C. The molecule has 0 radical (unpaired) electrons. The molecule has 0 aromatic rings. The highest BCUT2D eigenvalue weighted by molar-refractivity contribution is 7.99. The number of hydrogen-bond donors (Lipinski definition) is 2. The van der Waals surface area contributed by atoms with E-state index in [1.807, 2.05) is 77.6 Å². The van der Waals surface area contributed by atoms with Gasteiger partial charge in [-0.15, -0.1) is 0 Å². The average molecular weight is 725 g/mol. The van der Waals surface area contributed by atoms with Gasteiger partial charge in [0.1, 0.15) is 11.2 Å². The molecule has 0 aromatic carbocycles. The Hall–Kier alpha value is -0.720. The Labute approximate surface area is 297 Å². The summed E-state index contributed by atoms with van der Waals surface area (Å²) in [5.41, 5.74) is -1.17. The second kappa shape index (κ2) is 27.1. The summed E-state index contributed by atoms with van der Waals surface area (Å²) in [6, 6.07) is -0.958. The van der Waals surface area contributed by atoms with Crippen LogP contribution in [0.5, 0.6) is 0 Å². The van der Waals surface area contributed by atoms with Gasteiger partial charge in [-0.05, 0) is 103 Å². The maximum Gasteiger partial charge on any atom is 0.408 e. The summed E-state index contributed by atoms with van der Waals surface area (Å²) in [5.74, 6) is 5.52. The van der Waals surface area contributed by atoms with E-state index in [1.165, 1.54) is 51.4 Å². The molecule has 0 rings (SSSR count). The van der Waals surface area contributed by atoms with Crippen LogP contribution in [0.2, 0.25) is 0 Å². The summed E-state index contributed by atoms with van der Waals surface area (Å²) < 4.78 is 10.7. The molecule has 0 saturated carbocycles. The van der Waals surface area contributed by atoms with Crippen LogP contribution in [0.4, 0.5) is 9.59 Å². The third-order valence-corrected chi connectivity index (χ3v) is 10.1. The zero-order valence-electron chi connectivity index (χ0n) is 30.0. The predicted molar refractivity (Wildman–Crippen MR) is 203 cm³/mol. The number of rotatable bonds is 27. The maximum atomic E-state index is 12.7. The van der Waals surface area contributed by atoms with Gasteiger partial charge in [0.15, 0.2) is 11.6 Å². The molecule has 8 nitrogen and oxygen atoms in total. The number of unbranched alkanes of at least 4 members (excludes halogenated alkanes) is 7. The first kappa shape index (κ1) is 45.3. The summed E-state index contributed by atoms with van der Waals surface area (Å²) in [7, 11) is 0. The second-order valence-corrected chi connectivity index (χ2v) is 17.9. The van der Waals surface area contributed by atoms with Crippen molar-refractivity contribution in [3.8, 4) is 0 Å². The minimum atomic E-state index is -0.583. The van der Waals surface area contributed by atoms with E-state index in [0.717, 1.165) is 34.5 Å². The van der Waals surface area contributed by atoms with Crippen molar-refractivity contribution in [2.24, 2.45) is 0 Å². The molecule has 0 aliphatic carbocycles. The van der Waals surface area contributed by atoms with Gasteiger partial charge >= 0.3 is 12.2 Å². The fraction of sp³-hybridized carbons (Fsp3) is 0.882. The molecule has 0 heterocycles. The van der Waals surface area contributed by atoms with Gasteiger partial charge in [-0.3, -0.25) is 9.59 Å². The largest absolute Gasteiger partial charge is 0.444 e. The van der Waals surface area contributed by atoms with Gasteiger partial charge in [0.2, 0.25) is 0 Å². The Morgan fingerprint density at radius 1 is 0.522 bits per heavy atom. The highest BCUT2D eigenvalue weighted by atomic mass is 32.2. The van der Waals surface area contributed by atoms with E-state index in [-0.39, 0.29) is 11.6 Å². The highest BCUT2D eigenvalue weighted by Gasteiger charge is 2.25. The third kappa shape index (κ3) is 28.3. The Kier molecular flexibility index (Phi) is 26.7. The van der Waals surface area contributed by atoms with Crippen LogP contribution >= 0.6 is 47.0 Å². The lowest BCUT2D eigenvalue weighted by Crippen LogP contribution is -2.44. The number of carbonyl (C=O) groups excluding carboxylic acids is 4. The van der Waals surface area contributed by atoms with Gasteiger partial charge in [0.25, 0.3) is 0 Å². The Morgan fingerprint density at radius 3 is 1.15 bits per heavy atom. The van der Waals surface area contributed by atoms with E-state index in [0.29, 0.717) is 25.7 Å². The van der Waals surface area contributed by atoms with Gasteiger partial charge in [-0.25, -0.2) is 9.59 Å². The lowest BCUT2D eigenvalue weighted by molar-refractivity contribution is -0.121. The molecule has 0 aliphatic heterocycles. The number of nitrogens with one attached hydrogen (secondary N) is 2. The standard InChI is InChI=1S/C34H64N2O6S4/c1-33(2,3)41-31(39)35-27(17-23-43-7)29(37)19-25-45-21-15-13-11-9-10-12-14-16-22-46-26-20-30(38)28(18-24-44-8)36-32(40)42-34(4,5)6/h27-28H,9-26H2,1-8H3,(H,35,39)(H,36,40)/t27-,28-/m0/s1. The Balaban J connectivity index is 3.87. The fourth-order valence-corrected chi connectivity index (χ4v) is 7.22. The maximum absolute atomic E-state index is 12.7.